The molecule has 9 rings (SSSR count). The van der Waals surface area contributed by atoms with E-state index in [1.54, 1.807) is 12.2 Å². The van der Waals surface area contributed by atoms with Crippen molar-refractivity contribution in [1.82, 2.24) is 9.88 Å². The predicted molar refractivity (Wildman–Crippen MR) is 226 cm³/mol. The van der Waals surface area contributed by atoms with Crippen molar-refractivity contribution in [3.63, 3.8) is 0 Å². The van der Waals surface area contributed by atoms with Crippen LogP contribution in [0.4, 0.5) is 0 Å². The molecular weight excluding hydrogens is 657 g/mol. The molecule has 0 amide bonds. The van der Waals surface area contributed by atoms with E-state index in [9.17, 15) is 0 Å². The predicted octanol–water partition coefficient (Wildman–Crippen LogP) is 11.0. The van der Waals surface area contributed by atoms with E-state index in [1.165, 1.54) is 38.9 Å². The minimum Gasteiger partial charge on any atom is -0.398 e. The number of pyridine rings is 1. The molecule has 260 valence electrons. The SMILES string of the molecule is C=C/C=C(\N)c1ccc(/C(N)=C/Cc2cc(-c3ccc4c(c3)C(=C)C=C3C=CC=CN3C4)cc(-c3ccc4c(c3)-c3cc5ccccc5nc3C4)c2)cc1. The number of hydrogen-bond acceptors (Lipinski definition) is 4. The summed E-state index contributed by atoms with van der Waals surface area (Å²) < 4.78 is 0. The van der Waals surface area contributed by atoms with Gasteiger partial charge in [0.25, 0.3) is 0 Å². The van der Waals surface area contributed by atoms with Crippen LogP contribution in [0.5, 0.6) is 0 Å². The van der Waals surface area contributed by atoms with Crippen LogP contribution in [0.15, 0.2) is 177 Å². The Labute approximate surface area is 316 Å². The van der Waals surface area contributed by atoms with Gasteiger partial charge in [0, 0.05) is 47.2 Å². The first kappa shape index (κ1) is 33.0. The third-order valence-corrected chi connectivity index (χ3v) is 10.7. The number of fused-ring (bicyclic) bond motifs is 6. The minimum atomic E-state index is 0.672. The van der Waals surface area contributed by atoms with Crippen LogP contribution in [0.1, 0.15) is 39.1 Å². The van der Waals surface area contributed by atoms with Crippen molar-refractivity contribution in [3.8, 4) is 33.4 Å². The quantitative estimate of drug-likeness (QED) is 0.163. The number of benzene rings is 5. The first-order valence-electron chi connectivity index (χ1n) is 18.4. The summed E-state index contributed by atoms with van der Waals surface area (Å²) >= 11 is 0. The Bertz CT molecular complexity index is 2680. The Morgan fingerprint density at radius 2 is 1.44 bits per heavy atom. The highest BCUT2D eigenvalue weighted by Gasteiger charge is 2.22. The van der Waals surface area contributed by atoms with Gasteiger partial charge >= 0.3 is 0 Å². The molecule has 6 aromatic rings. The molecule has 2 aliphatic heterocycles. The molecule has 4 nitrogen and oxygen atoms in total. The average molecular weight is 697 g/mol. The molecule has 0 saturated heterocycles. The van der Waals surface area contributed by atoms with Gasteiger partial charge in [-0.25, -0.2) is 0 Å². The molecule has 4 heteroatoms. The number of allylic oxidation sites excluding steroid dienone is 8. The topological polar surface area (TPSA) is 68.2 Å². The fourth-order valence-corrected chi connectivity index (χ4v) is 7.83. The van der Waals surface area contributed by atoms with Crippen molar-refractivity contribution in [3.05, 3.63) is 216 Å². The van der Waals surface area contributed by atoms with Gasteiger partial charge < -0.3 is 16.4 Å². The molecular formula is C50H40N4. The van der Waals surface area contributed by atoms with Crippen LogP contribution < -0.4 is 11.5 Å². The monoisotopic (exact) mass is 696 g/mol. The lowest BCUT2D eigenvalue weighted by Crippen LogP contribution is -2.15. The maximum Gasteiger partial charge on any atom is 0.0705 e. The second-order valence-electron chi connectivity index (χ2n) is 14.2. The van der Waals surface area contributed by atoms with Gasteiger partial charge in [-0.2, -0.15) is 0 Å². The molecule has 0 atom stereocenters. The molecule has 0 unspecified atom stereocenters. The molecule has 1 aromatic heterocycles. The second-order valence-corrected chi connectivity index (χ2v) is 14.2. The van der Waals surface area contributed by atoms with Crippen LogP contribution in [0.3, 0.4) is 0 Å². The summed E-state index contributed by atoms with van der Waals surface area (Å²) in [4.78, 5) is 7.32. The zero-order valence-corrected chi connectivity index (χ0v) is 30.1. The Kier molecular flexibility index (Phi) is 8.28. The number of rotatable bonds is 7. The zero-order chi connectivity index (χ0) is 36.8. The van der Waals surface area contributed by atoms with Crippen LogP contribution in [-0.4, -0.2) is 9.88 Å². The van der Waals surface area contributed by atoms with Crippen LogP contribution in [0.2, 0.25) is 0 Å². The number of nitrogens with zero attached hydrogens (tertiary/aromatic N) is 2. The maximum atomic E-state index is 6.69. The van der Waals surface area contributed by atoms with Crippen LogP contribution >= 0.6 is 0 Å². The largest absolute Gasteiger partial charge is 0.398 e. The smallest absolute Gasteiger partial charge is 0.0705 e. The van der Waals surface area contributed by atoms with Gasteiger partial charge in [-0.05, 0) is 128 Å². The molecule has 5 aromatic carbocycles. The molecule has 0 bridgehead atoms. The molecule has 4 N–H and O–H groups in total. The number of para-hydroxylation sites is 1. The van der Waals surface area contributed by atoms with E-state index in [-0.39, 0.29) is 0 Å². The number of nitrogens with two attached hydrogens (primary N) is 2. The van der Waals surface area contributed by atoms with Crippen molar-refractivity contribution < 1.29 is 0 Å². The van der Waals surface area contributed by atoms with Gasteiger partial charge in [0.2, 0.25) is 0 Å². The summed E-state index contributed by atoms with van der Waals surface area (Å²) in [7, 11) is 0. The summed E-state index contributed by atoms with van der Waals surface area (Å²) in [6, 6.07) is 39.3. The minimum absolute atomic E-state index is 0.672. The lowest BCUT2D eigenvalue weighted by molar-refractivity contribution is 0.472. The van der Waals surface area contributed by atoms with Crippen molar-refractivity contribution in [1.29, 1.82) is 0 Å². The Balaban J connectivity index is 1.11. The maximum absolute atomic E-state index is 6.69. The van der Waals surface area contributed by atoms with Crippen LogP contribution in [0, 0.1) is 0 Å². The molecule has 0 radical (unpaired) electrons. The van der Waals surface area contributed by atoms with Crippen molar-refractivity contribution in [2.45, 2.75) is 19.4 Å². The zero-order valence-electron chi connectivity index (χ0n) is 30.1. The van der Waals surface area contributed by atoms with Gasteiger partial charge in [-0.3, -0.25) is 4.98 Å². The third-order valence-electron chi connectivity index (χ3n) is 10.7. The van der Waals surface area contributed by atoms with Crippen molar-refractivity contribution >= 4 is 27.9 Å². The van der Waals surface area contributed by atoms with E-state index >= 15 is 0 Å². The Morgan fingerprint density at radius 3 is 2.22 bits per heavy atom. The molecule has 0 spiro atoms. The molecule has 3 aliphatic rings. The van der Waals surface area contributed by atoms with Crippen LogP contribution in [0.25, 0.3) is 61.3 Å². The van der Waals surface area contributed by atoms with Crippen molar-refractivity contribution in [2.75, 3.05) is 0 Å². The standard InChI is InChI=1S/C50H40N4/c1-3-8-47(51)34-13-15-35(16-14-34)48(52)21-12-33-24-41(36-18-20-40-31-54-22-7-6-10-43(54)23-32(2)44(40)27-36)26-42(25-33)37-17-19-38-30-50-46(45(38)28-37)29-39-9-4-5-11-49(39)53-50/h3-11,13-29H,1-2,12,30-31,51-52H2/b47-8-,48-21-. The Morgan fingerprint density at radius 1 is 0.722 bits per heavy atom. The van der Waals surface area contributed by atoms with E-state index in [0.717, 1.165) is 74.3 Å². The summed E-state index contributed by atoms with van der Waals surface area (Å²) in [5.41, 5.74) is 32.6. The molecule has 3 heterocycles. The highest BCUT2D eigenvalue weighted by atomic mass is 15.1. The number of hydrogen-bond donors (Lipinski definition) is 2. The summed E-state index contributed by atoms with van der Waals surface area (Å²) in [5.74, 6) is 0. The van der Waals surface area contributed by atoms with Gasteiger partial charge in [-0.1, -0.05) is 110 Å². The van der Waals surface area contributed by atoms with E-state index in [2.05, 4.69) is 140 Å². The average Bonchev–Trinajstić information content (AvgIpc) is 3.48. The number of aromatic nitrogens is 1. The van der Waals surface area contributed by atoms with E-state index in [1.807, 2.05) is 24.3 Å². The van der Waals surface area contributed by atoms with Gasteiger partial charge in [0.1, 0.15) is 0 Å². The summed E-state index contributed by atoms with van der Waals surface area (Å²) in [5, 5.41) is 1.16. The van der Waals surface area contributed by atoms with Gasteiger partial charge in [-0.15, -0.1) is 0 Å². The molecule has 1 aliphatic carbocycles. The highest BCUT2D eigenvalue weighted by molar-refractivity contribution is 5.90. The Hall–Kier alpha value is -6.91. The van der Waals surface area contributed by atoms with Crippen LogP contribution in [-0.2, 0) is 19.4 Å². The first-order valence-corrected chi connectivity index (χ1v) is 18.4. The fraction of sp³-hybridized carbons (Fsp3) is 0.0600. The van der Waals surface area contributed by atoms with E-state index < -0.39 is 0 Å². The lowest BCUT2D eigenvalue weighted by atomic mass is 9.90. The lowest BCUT2D eigenvalue weighted by Gasteiger charge is -2.22. The van der Waals surface area contributed by atoms with Gasteiger partial charge in [0.15, 0.2) is 0 Å². The summed E-state index contributed by atoms with van der Waals surface area (Å²) in [6.07, 6.45) is 17.7. The molecule has 54 heavy (non-hydrogen) atoms. The normalized spacial score (nSPS) is 14.6. The summed E-state index contributed by atoms with van der Waals surface area (Å²) in [6.45, 7) is 9.05. The van der Waals surface area contributed by atoms with Gasteiger partial charge in [0.05, 0.1) is 11.2 Å². The first-order chi connectivity index (χ1) is 26.4. The van der Waals surface area contributed by atoms with Crippen molar-refractivity contribution in [2.24, 2.45) is 11.5 Å². The van der Waals surface area contributed by atoms with E-state index in [4.69, 9.17) is 16.5 Å². The highest BCUT2D eigenvalue weighted by Crippen LogP contribution is 2.41. The third kappa shape index (κ3) is 6.18. The fourth-order valence-electron chi connectivity index (χ4n) is 7.83. The molecule has 0 saturated carbocycles. The van der Waals surface area contributed by atoms with E-state index in [0.29, 0.717) is 12.1 Å². The molecule has 0 fully saturated rings. The second kappa shape index (κ2) is 13.6.